The van der Waals surface area contributed by atoms with E-state index in [9.17, 15) is 9.90 Å². The largest absolute Gasteiger partial charge is 0.481 e. The zero-order valence-corrected chi connectivity index (χ0v) is 12.9. The maximum absolute atomic E-state index is 11.4. The summed E-state index contributed by atoms with van der Waals surface area (Å²) in [5.41, 5.74) is 6.29. The number of nitrogens with one attached hydrogen (secondary N) is 1. The fourth-order valence-electron chi connectivity index (χ4n) is 3.34. The lowest BCUT2D eigenvalue weighted by Gasteiger charge is -2.10. The SMILES string of the molecule is CCC(Cc1c(C)n(C)c2cc3c(cc12)CNC3)C(=O)O. The molecule has 2 aromatic rings. The molecule has 1 aromatic carbocycles. The molecule has 3 rings (SSSR count). The summed E-state index contributed by atoms with van der Waals surface area (Å²) in [5, 5.41) is 13.9. The normalized spacial score (nSPS) is 15.4. The molecular formula is C17H22N2O2. The molecule has 0 amide bonds. The maximum atomic E-state index is 11.4. The van der Waals surface area contributed by atoms with Gasteiger partial charge in [0.1, 0.15) is 0 Å². The third-order valence-electron chi connectivity index (χ3n) is 4.87. The number of carbonyl (C=O) groups is 1. The van der Waals surface area contributed by atoms with Crippen LogP contribution in [0, 0.1) is 12.8 Å². The average molecular weight is 286 g/mol. The van der Waals surface area contributed by atoms with E-state index in [1.807, 2.05) is 6.92 Å². The summed E-state index contributed by atoms with van der Waals surface area (Å²) in [6.45, 7) is 5.88. The van der Waals surface area contributed by atoms with Crippen LogP contribution in [0.25, 0.3) is 10.9 Å². The molecule has 0 aliphatic carbocycles. The van der Waals surface area contributed by atoms with Gasteiger partial charge in [0.25, 0.3) is 0 Å². The number of aryl methyl sites for hydroxylation is 1. The molecule has 0 saturated carbocycles. The number of carboxylic acids is 1. The number of hydrogen-bond donors (Lipinski definition) is 2. The molecule has 1 unspecified atom stereocenters. The lowest BCUT2D eigenvalue weighted by atomic mass is 9.94. The third-order valence-corrected chi connectivity index (χ3v) is 4.87. The van der Waals surface area contributed by atoms with E-state index in [4.69, 9.17) is 0 Å². The molecule has 1 aliphatic rings. The number of nitrogens with zero attached hydrogens (tertiary/aromatic N) is 1. The van der Waals surface area contributed by atoms with Crippen molar-refractivity contribution in [2.45, 2.75) is 39.8 Å². The molecule has 4 nitrogen and oxygen atoms in total. The average Bonchev–Trinajstić information content (AvgIpc) is 3.00. The third kappa shape index (κ3) is 2.23. The van der Waals surface area contributed by atoms with Gasteiger partial charge in [-0.3, -0.25) is 4.79 Å². The van der Waals surface area contributed by atoms with Gasteiger partial charge in [-0.15, -0.1) is 0 Å². The standard InChI is InChI=1S/C17H22N2O2/c1-4-11(17(20)21)5-14-10(2)19(3)16-7-13-9-18-8-12(13)6-15(14)16/h6-7,11,18H,4-5,8-9H2,1-3H3,(H,20,21). The topological polar surface area (TPSA) is 54.3 Å². The van der Waals surface area contributed by atoms with Gasteiger partial charge in [-0.1, -0.05) is 6.92 Å². The minimum atomic E-state index is -0.697. The van der Waals surface area contributed by atoms with Crippen molar-refractivity contribution in [2.75, 3.05) is 0 Å². The first-order valence-electron chi connectivity index (χ1n) is 7.56. The smallest absolute Gasteiger partial charge is 0.306 e. The van der Waals surface area contributed by atoms with Gasteiger partial charge in [-0.05, 0) is 48.6 Å². The van der Waals surface area contributed by atoms with E-state index in [0.29, 0.717) is 12.8 Å². The Bertz CT molecular complexity index is 715. The lowest BCUT2D eigenvalue weighted by molar-refractivity contribution is -0.141. The second kappa shape index (κ2) is 5.19. The Labute approximate surface area is 124 Å². The van der Waals surface area contributed by atoms with Crippen LogP contribution in [0.3, 0.4) is 0 Å². The summed E-state index contributed by atoms with van der Waals surface area (Å²) in [7, 11) is 2.07. The quantitative estimate of drug-likeness (QED) is 0.908. The van der Waals surface area contributed by atoms with Crippen LogP contribution in [0.15, 0.2) is 12.1 Å². The van der Waals surface area contributed by atoms with Gasteiger partial charge in [-0.25, -0.2) is 0 Å². The second-order valence-electron chi connectivity index (χ2n) is 6.01. The number of fused-ring (bicyclic) bond motifs is 2. The molecule has 1 aliphatic heterocycles. The number of rotatable bonds is 4. The Balaban J connectivity index is 2.13. The molecule has 21 heavy (non-hydrogen) atoms. The molecule has 112 valence electrons. The lowest BCUT2D eigenvalue weighted by Crippen LogP contribution is -2.15. The predicted octanol–water partition coefficient (Wildman–Crippen LogP) is 2.74. The van der Waals surface area contributed by atoms with Crippen molar-refractivity contribution < 1.29 is 9.90 Å². The molecular weight excluding hydrogens is 264 g/mol. The molecule has 0 bridgehead atoms. The number of aromatic nitrogens is 1. The van der Waals surface area contributed by atoms with Gasteiger partial charge in [0.2, 0.25) is 0 Å². The van der Waals surface area contributed by atoms with Gasteiger partial charge >= 0.3 is 5.97 Å². The van der Waals surface area contributed by atoms with Crippen LogP contribution < -0.4 is 5.32 Å². The molecule has 2 N–H and O–H groups in total. The van der Waals surface area contributed by atoms with Crippen molar-refractivity contribution >= 4 is 16.9 Å². The monoisotopic (exact) mass is 286 g/mol. The molecule has 0 radical (unpaired) electrons. The molecule has 1 aromatic heterocycles. The number of benzene rings is 1. The summed E-state index contributed by atoms with van der Waals surface area (Å²) in [4.78, 5) is 11.4. The van der Waals surface area contributed by atoms with Crippen LogP contribution in [-0.4, -0.2) is 15.6 Å². The van der Waals surface area contributed by atoms with Gasteiger partial charge in [0.15, 0.2) is 0 Å². The number of aliphatic carboxylic acids is 1. The van der Waals surface area contributed by atoms with Crippen molar-refractivity contribution in [2.24, 2.45) is 13.0 Å². The van der Waals surface area contributed by atoms with Crippen molar-refractivity contribution in [3.8, 4) is 0 Å². The molecule has 0 fully saturated rings. The van der Waals surface area contributed by atoms with E-state index < -0.39 is 5.97 Å². The minimum absolute atomic E-state index is 0.305. The van der Waals surface area contributed by atoms with Crippen LogP contribution >= 0.6 is 0 Å². The van der Waals surface area contributed by atoms with Crippen molar-refractivity contribution in [1.82, 2.24) is 9.88 Å². The summed E-state index contributed by atoms with van der Waals surface area (Å²) in [6.07, 6.45) is 1.28. The first-order chi connectivity index (χ1) is 10.0. The van der Waals surface area contributed by atoms with E-state index >= 15 is 0 Å². The highest BCUT2D eigenvalue weighted by Crippen LogP contribution is 2.31. The Kier molecular flexibility index (Phi) is 3.49. The first-order valence-corrected chi connectivity index (χ1v) is 7.56. The fourth-order valence-corrected chi connectivity index (χ4v) is 3.34. The van der Waals surface area contributed by atoms with E-state index in [1.165, 1.54) is 33.3 Å². The highest BCUT2D eigenvalue weighted by Gasteiger charge is 2.22. The van der Waals surface area contributed by atoms with Crippen LogP contribution in [0.5, 0.6) is 0 Å². The fraction of sp³-hybridized carbons (Fsp3) is 0.471. The Hall–Kier alpha value is -1.81. The number of carboxylic acid groups (broad SMARTS) is 1. The zero-order valence-electron chi connectivity index (χ0n) is 12.9. The zero-order chi connectivity index (χ0) is 15.1. The first kappa shape index (κ1) is 14.1. The van der Waals surface area contributed by atoms with Gasteiger partial charge in [0, 0.05) is 36.7 Å². The Morgan fingerprint density at radius 1 is 1.38 bits per heavy atom. The summed E-state index contributed by atoms with van der Waals surface area (Å²) >= 11 is 0. The van der Waals surface area contributed by atoms with Gasteiger partial charge in [0.05, 0.1) is 5.92 Å². The second-order valence-corrected chi connectivity index (χ2v) is 6.01. The van der Waals surface area contributed by atoms with Crippen LogP contribution in [0.4, 0.5) is 0 Å². The summed E-state index contributed by atoms with van der Waals surface area (Å²) in [6, 6.07) is 4.50. The highest BCUT2D eigenvalue weighted by atomic mass is 16.4. The van der Waals surface area contributed by atoms with Crippen molar-refractivity contribution in [1.29, 1.82) is 0 Å². The highest BCUT2D eigenvalue weighted by molar-refractivity contribution is 5.88. The van der Waals surface area contributed by atoms with Crippen LogP contribution in [0.1, 0.15) is 35.7 Å². The predicted molar refractivity (Wildman–Crippen MR) is 83.3 cm³/mol. The molecule has 1 atom stereocenters. The maximum Gasteiger partial charge on any atom is 0.306 e. The van der Waals surface area contributed by atoms with E-state index in [-0.39, 0.29) is 5.92 Å². The molecule has 2 heterocycles. The van der Waals surface area contributed by atoms with Crippen LogP contribution in [0.2, 0.25) is 0 Å². The van der Waals surface area contributed by atoms with E-state index in [0.717, 1.165) is 13.1 Å². The Morgan fingerprint density at radius 3 is 2.67 bits per heavy atom. The van der Waals surface area contributed by atoms with Gasteiger partial charge < -0.3 is 15.0 Å². The molecule has 4 heteroatoms. The Morgan fingerprint density at radius 2 is 2.05 bits per heavy atom. The summed E-state index contributed by atoms with van der Waals surface area (Å²) < 4.78 is 2.19. The van der Waals surface area contributed by atoms with E-state index in [1.54, 1.807) is 0 Å². The molecule has 0 saturated heterocycles. The van der Waals surface area contributed by atoms with Crippen LogP contribution in [-0.2, 0) is 31.4 Å². The van der Waals surface area contributed by atoms with Gasteiger partial charge in [-0.2, -0.15) is 0 Å². The molecule has 0 spiro atoms. The number of hydrogen-bond acceptors (Lipinski definition) is 2. The summed E-state index contributed by atoms with van der Waals surface area (Å²) in [5.74, 6) is -1.00. The van der Waals surface area contributed by atoms with E-state index in [2.05, 4.69) is 36.0 Å². The minimum Gasteiger partial charge on any atom is -0.481 e. The van der Waals surface area contributed by atoms with Crippen molar-refractivity contribution in [3.63, 3.8) is 0 Å². The van der Waals surface area contributed by atoms with Crippen molar-refractivity contribution in [3.05, 3.63) is 34.5 Å².